The number of aromatic nitrogens is 6. The van der Waals surface area contributed by atoms with Crippen LogP contribution in [0.1, 0.15) is 0 Å². The minimum atomic E-state index is 0.817. The summed E-state index contributed by atoms with van der Waals surface area (Å²) in [6, 6.07) is 81.0. The van der Waals surface area contributed by atoms with Crippen LogP contribution in [0, 0.1) is 0 Å². The van der Waals surface area contributed by atoms with Crippen LogP contribution < -0.4 is 0 Å². The zero-order valence-corrected chi connectivity index (χ0v) is 36.8. The van der Waals surface area contributed by atoms with Crippen molar-refractivity contribution in [1.82, 2.24) is 29.1 Å². The molecule has 0 aliphatic heterocycles. The van der Waals surface area contributed by atoms with Gasteiger partial charge in [-0.25, -0.2) is 19.9 Å². The molecule has 0 amide bonds. The molecule has 0 saturated carbocycles. The Labute approximate surface area is 392 Å². The molecule has 0 bridgehead atoms. The van der Waals surface area contributed by atoms with Gasteiger partial charge in [0.05, 0.1) is 22.1 Å². The van der Waals surface area contributed by atoms with E-state index in [1.165, 1.54) is 32.7 Å². The van der Waals surface area contributed by atoms with Crippen LogP contribution in [0.25, 0.3) is 123 Å². The molecule has 6 nitrogen and oxygen atoms in total. The molecule has 13 aromatic rings. The predicted molar refractivity (Wildman–Crippen MR) is 279 cm³/mol. The van der Waals surface area contributed by atoms with Crippen molar-refractivity contribution in [1.29, 1.82) is 0 Å². The normalized spacial score (nSPS) is 11.5. The average Bonchev–Trinajstić information content (AvgIpc) is 4.01. The number of benzene rings is 9. The van der Waals surface area contributed by atoms with Crippen molar-refractivity contribution in [2.45, 2.75) is 0 Å². The molecule has 0 aliphatic rings. The molecule has 68 heavy (non-hydrogen) atoms. The van der Waals surface area contributed by atoms with E-state index in [0.29, 0.717) is 0 Å². The predicted octanol–water partition coefficient (Wildman–Crippen LogP) is 15.5. The van der Waals surface area contributed by atoms with Gasteiger partial charge < -0.3 is 0 Å². The second-order valence-electron chi connectivity index (χ2n) is 17.1. The first-order chi connectivity index (χ1) is 33.7. The molecule has 0 unspecified atom stereocenters. The lowest BCUT2D eigenvalue weighted by Gasteiger charge is -2.19. The first-order valence-electron chi connectivity index (χ1n) is 22.9. The second kappa shape index (κ2) is 16.3. The molecule has 0 N–H and O–H groups in total. The van der Waals surface area contributed by atoms with Crippen LogP contribution >= 0.6 is 0 Å². The van der Waals surface area contributed by atoms with E-state index < -0.39 is 0 Å². The van der Waals surface area contributed by atoms with Crippen LogP contribution in [0.3, 0.4) is 0 Å². The van der Waals surface area contributed by atoms with Crippen molar-refractivity contribution in [3.63, 3.8) is 0 Å². The lowest BCUT2D eigenvalue weighted by atomic mass is 9.84. The molecule has 0 fully saturated rings. The van der Waals surface area contributed by atoms with Gasteiger partial charge in [-0.1, -0.05) is 170 Å². The van der Waals surface area contributed by atoms with Gasteiger partial charge >= 0.3 is 0 Å². The SMILES string of the molecule is c1ccc(-c2c3ccc(-c4ccc(-n5c(-c6ccccc6)nc6ccccc65)nc4)cc3c(-c3ccccc3)c3ccc(-c4ccc(-n5c(-c6ccccc6)nc6ccccc65)nc4)cc23)cc1. The minimum absolute atomic E-state index is 0.817. The first kappa shape index (κ1) is 39.1. The zero-order chi connectivity index (χ0) is 45.0. The van der Waals surface area contributed by atoms with E-state index >= 15 is 0 Å². The number of fused-ring (bicyclic) bond motifs is 4. The highest BCUT2D eigenvalue weighted by atomic mass is 15.1. The van der Waals surface area contributed by atoms with Gasteiger partial charge in [-0.2, -0.15) is 0 Å². The van der Waals surface area contributed by atoms with Crippen LogP contribution in [0.4, 0.5) is 0 Å². The average molecular weight is 869 g/mol. The lowest BCUT2D eigenvalue weighted by molar-refractivity contribution is 1.03. The van der Waals surface area contributed by atoms with Crippen LogP contribution in [0.2, 0.25) is 0 Å². The maximum Gasteiger partial charge on any atom is 0.146 e. The number of hydrogen-bond donors (Lipinski definition) is 0. The third-order valence-electron chi connectivity index (χ3n) is 13.0. The van der Waals surface area contributed by atoms with Gasteiger partial charge in [-0.05, 0) is 116 Å². The van der Waals surface area contributed by atoms with Crippen LogP contribution in [0.5, 0.6) is 0 Å². The number of imidazole rings is 2. The Hall–Kier alpha value is -9.26. The molecular weight excluding hydrogens is 829 g/mol. The maximum absolute atomic E-state index is 5.11. The Balaban J connectivity index is 0.954. The topological polar surface area (TPSA) is 61.4 Å². The summed E-state index contributed by atoms with van der Waals surface area (Å²) in [6.07, 6.45) is 3.98. The van der Waals surface area contributed by atoms with Crippen LogP contribution in [-0.4, -0.2) is 29.1 Å². The summed E-state index contributed by atoms with van der Waals surface area (Å²) in [4.78, 5) is 20.3. The molecule has 0 spiro atoms. The molecule has 4 heterocycles. The monoisotopic (exact) mass is 868 g/mol. The molecule has 6 heteroatoms. The van der Waals surface area contributed by atoms with Gasteiger partial charge in [0.15, 0.2) is 0 Å². The Morgan fingerprint density at radius 3 is 1.00 bits per heavy atom. The molecule has 0 atom stereocenters. The molecule has 9 aromatic carbocycles. The van der Waals surface area contributed by atoms with Crippen molar-refractivity contribution in [2.75, 3.05) is 0 Å². The second-order valence-corrected chi connectivity index (χ2v) is 17.1. The van der Waals surface area contributed by atoms with Crippen molar-refractivity contribution in [3.05, 3.63) is 243 Å². The number of para-hydroxylation sites is 4. The molecule has 13 rings (SSSR count). The van der Waals surface area contributed by atoms with E-state index in [2.05, 4.69) is 191 Å². The quantitative estimate of drug-likeness (QED) is 0.143. The molecule has 0 aliphatic carbocycles. The van der Waals surface area contributed by atoms with Crippen molar-refractivity contribution < 1.29 is 0 Å². The van der Waals surface area contributed by atoms with E-state index in [4.69, 9.17) is 19.9 Å². The van der Waals surface area contributed by atoms with Gasteiger partial charge in [0.1, 0.15) is 23.3 Å². The van der Waals surface area contributed by atoms with Gasteiger partial charge in [0.2, 0.25) is 0 Å². The van der Waals surface area contributed by atoms with Gasteiger partial charge in [0, 0.05) is 34.6 Å². The summed E-state index contributed by atoms with van der Waals surface area (Å²) in [5.41, 5.74) is 14.9. The minimum Gasteiger partial charge on any atom is -0.276 e. The fourth-order valence-electron chi connectivity index (χ4n) is 9.87. The van der Waals surface area contributed by atoms with Gasteiger partial charge in [0.25, 0.3) is 0 Å². The van der Waals surface area contributed by atoms with Gasteiger partial charge in [-0.15, -0.1) is 0 Å². The first-order valence-corrected chi connectivity index (χ1v) is 22.9. The highest BCUT2D eigenvalue weighted by molar-refractivity contribution is 6.22. The van der Waals surface area contributed by atoms with E-state index in [1.807, 2.05) is 60.9 Å². The standard InChI is InChI=1S/C62H40N6/c1-5-17-41(18-6-1)59-49-33-29-46(48-32-36-58(64-40-48)68-56-28-16-14-26-54(56)66-62(68)44-23-11-4-12-24-44)38-52(49)60(42-19-7-2-8-20-42)50-34-30-45(37-51(50)59)47-31-35-57(63-39-47)67-55-27-15-13-25-53(55)65-61(67)43-21-9-3-10-22-43/h1-40H. The summed E-state index contributed by atoms with van der Waals surface area (Å²) >= 11 is 0. The fraction of sp³-hybridized carbons (Fsp3) is 0. The third kappa shape index (κ3) is 6.66. The smallest absolute Gasteiger partial charge is 0.146 e. The van der Waals surface area contributed by atoms with E-state index in [1.54, 1.807) is 0 Å². The number of rotatable bonds is 8. The van der Waals surface area contributed by atoms with E-state index in [-0.39, 0.29) is 0 Å². The fourth-order valence-corrected chi connectivity index (χ4v) is 9.87. The Bertz CT molecular complexity index is 3710. The van der Waals surface area contributed by atoms with Crippen molar-refractivity contribution in [3.8, 4) is 78.9 Å². The molecule has 0 radical (unpaired) electrons. The number of hydrogen-bond acceptors (Lipinski definition) is 4. The summed E-state index contributed by atoms with van der Waals surface area (Å²) in [6.45, 7) is 0. The van der Waals surface area contributed by atoms with Crippen LogP contribution in [-0.2, 0) is 0 Å². The largest absolute Gasteiger partial charge is 0.276 e. The Morgan fingerprint density at radius 1 is 0.265 bits per heavy atom. The van der Waals surface area contributed by atoms with Crippen molar-refractivity contribution in [2.24, 2.45) is 0 Å². The summed E-state index contributed by atoms with van der Waals surface area (Å²) in [7, 11) is 0. The molecule has 318 valence electrons. The van der Waals surface area contributed by atoms with E-state index in [9.17, 15) is 0 Å². The van der Waals surface area contributed by atoms with E-state index in [0.717, 1.165) is 89.9 Å². The highest BCUT2D eigenvalue weighted by Gasteiger charge is 2.21. The summed E-state index contributed by atoms with van der Waals surface area (Å²) in [5.74, 6) is 3.36. The number of pyridine rings is 2. The van der Waals surface area contributed by atoms with Crippen molar-refractivity contribution >= 4 is 43.6 Å². The molecule has 0 saturated heterocycles. The number of nitrogens with zero attached hydrogens (tertiary/aromatic N) is 6. The third-order valence-corrected chi connectivity index (χ3v) is 13.0. The Kier molecular flexibility index (Phi) is 9.39. The lowest BCUT2D eigenvalue weighted by Crippen LogP contribution is -2.00. The zero-order valence-electron chi connectivity index (χ0n) is 36.8. The summed E-state index contributed by atoms with van der Waals surface area (Å²) in [5, 5.41) is 4.71. The molecular formula is C62H40N6. The highest BCUT2D eigenvalue weighted by Crippen LogP contribution is 2.46. The summed E-state index contributed by atoms with van der Waals surface area (Å²) < 4.78 is 4.31. The van der Waals surface area contributed by atoms with Crippen LogP contribution in [0.15, 0.2) is 243 Å². The van der Waals surface area contributed by atoms with Gasteiger partial charge in [-0.3, -0.25) is 9.13 Å². The molecule has 4 aromatic heterocycles. The maximum atomic E-state index is 5.11. The Morgan fingerprint density at radius 2 is 0.618 bits per heavy atom.